The first-order valence-electron chi connectivity index (χ1n) is 6.48. The molecule has 1 amide bonds. The Hall–Kier alpha value is -1.46. The molecule has 0 aromatic heterocycles. The normalized spacial score (nSPS) is 17.8. The minimum atomic E-state index is -0.104. The van der Waals surface area contributed by atoms with Gasteiger partial charge in [-0.3, -0.25) is 4.79 Å². The lowest BCUT2D eigenvalue weighted by Gasteiger charge is -2.24. The number of rotatable bonds is 4. The summed E-state index contributed by atoms with van der Waals surface area (Å²) in [6.07, 6.45) is 2.10. The number of carbonyl (C=O) groups is 1. The zero-order valence-electron chi connectivity index (χ0n) is 11.8. The van der Waals surface area contributed by atoms with E-state index in [1.54, 1.807) is 32.4 Å². The second-order valence-electron chi connectivity index (χ2n) is 4.58. The van der Waals surface area contributed by atoms with Gasteiger partial charge in [-0.2, -0.15) is 0 Å². The minimum absolute atomic E-state index is 0. The fourth-order valence-corrected chi connectivity index (χ4v) is 2.22. The van der Waals surface area contributed by atoms with E-state index in [4.69, 9.17) is 9.47 Å². The van der Waals surface area contributed by atoms with E-state index in [1.165, 1.54) is 0 Å². The summed E-state index contributed by atoms with van der Waals surface area (Å²) < 4.78 is 10.4. The third kappa shape index (κ3) is 4.02. The number of hydrogen-bond acceptors (Lipinski definition) is 4. The maximum atomic E-state index is 12.2. The van der Waals surface area contributed by atoms with E-state index in [2.05, 4.69) is 10.6 Å². The van der Waals surface area contributed by atoms with Crippen LogP contribution in [0.25, 0.3) is 0 Å². The number of amides is 1. The molecule has 1 saturated heterocycles. The van der Waals surface area contributed by atoms with Gasteiger partial charge < -0.3 is 20.1 Å². The van der Waals surface area contributed by atoms with Crippen molar-refractivity contribution in [3.8, 4) is 11.5 Å². The molecule has 1 aromatic carbocycles. The zero-order valence-corrected chi connectivity index (χ0v) is 12.6. The first kappa shape index (κ1) is 16.6. The highest BCUT2D eigenvalue weighted by molar-refractivity contribution is 5.97. The summed E-state index contributed by atoms with van der Waals surface area (Å²) in [4.78, 5) is 12.2. The van der Waals surface area contributed by atoms with Crippen LogP contribution in [-0.4, -0.2) is 39.3 Å². The van der Waals surface area contributed by atoms with Crippen LogP contribution in [0.1, 0.15) is 23.2 Å². The predicted octanol–water partition coefficient (Wildman–Crippen LogP) is 1.61. The van der Waals surface area contributed by atoms with E-state index >= 15 is 0 Å². The lowest BCUT2D eigenvalue weighted by molar-refractivity contribution is 0.0927. The van der Waals surface area contributed by atoms with E-state index in [0.717, 1.165) is 25.9 Å². The van der Waals surface area contributed by atoms with Gasteiger partial charge in [0.2, 0.25) is 0 Å². The average Bonchev–Trinajstić information content (AvgIpc) is 2.47. The van der Waals surface area contributed by atoms with E-state index in [1.807, 2.05) is 0 Å². The van der Waals surface area contributed by atoms with Gasteiger partial charge in [0.15, 0.2) is 0 Å². The maximum absolute atomic E-state index is 12.2. The van der Waals surface area contributed by atoms with Crippen LogP contribution < -0.4 is 20.1 Å². The van der Waals surface area contributed by atoms with Gasteiger partial charge in [0, 0.05) is 18.7 Å². The summed E-state index contributed by atoms with van der Waals surface area (Å²) in [6, 6.07) is 5.39. The molecule has 0 aliphatic carbocycles. The molecule has 20 heavy (non-hydrogen) atoms. The zero-order chi connectivity index (χ0) is 13.7. The SMILES string of the molecule is COc1ccc(C(=O)NC2CCCNC2)c(OC)c1.Cl. The summed E-state index contributed by atoms with van der Waals surface area (Å²) in [7, 11) is 3.13. The molecule has 0 radical (unpaired) electrons. The summed E-state index contributed by atoms with van der Waals surface area (Å²) >= 11 is 0. The summed E-state index contributed by atoms with van der Waals surface area (Å²) in [5, 5.41) is 6.30. The van der Waals surface area contributed by atoms with Crippen molar-refractivity contribution in [2.45, 2.75) is 18.9 Å². The Morgan fingerprint density at radius 2 is 2.15 bits per heavy atom. The average molecular weight is 301 g/mol. The van der Waals surface area contributed by atoms with Gasteiger partial charge in [-0.15, -0.1) is 12.4 Å². The quantitative estimate of drug-likeness (QED) is 0.887. The van der Waals surface area contributed by atoms with Crippen molar-refractivity contribution in [1.82, 2.24) is 10.6 Å². The van der Waals surface area contributed by atoms with Gasteiger partial charge in [0.05, 0.1) is 19.8 Å². The molecule has 0 bridgehead atoms. The number of hydrogen-bond donors (Lipinski definition) is 2. The third-order valence-corrected chi connectivity index (χ3v) is 3.29. The van der Waals surface area contributed by atoms with Crippen LogP contribution in [0.2, 0.25) is 0 Å². The van der Waals surface area contributed by atoms with Crippen molar-refractivity contribution >= 4 is 18.3 Å². The molecular formula is C14H21ClN2O3. The monoisotopic (exact) mass is 300 g/mol. The molecule has 1 fully saturated rings. The molecule has 2 rings (SSSR count). The van der Waals surface area contributed by atoms with E-state index in [9.17, 15) is 4.79 Å². The second-order valence-corrected chi connectivity index (χ2v) is 4.58. The third-order valence-electron chi connectivity index (χ3n) is 3.29. The molecule has 1 aliphatic heterocycles. The fraction of sp³-hybridized carbons (Fsp3) is 0.500. The molecule has 1 unspecified atom stereocenters. The number of ether oxygens (including phenoxy) is 2. The Morgan fingerprint density at radius 3 is 2.75 bits per heavy atom. The second kappa shape index (κ2) is 7.97. The predicted molar refractivity (Wildman–Crippen MR) is 80.2 cm³/mol. The van der Waals surface area contributed by atoms with Crippen LogP contribution in [0.4, 0.5) is 0 Å². The molecule has 0 spiro atoms. The largest absolute Gasteiger partial charge is 0.497 e. The highest BCUT2D eigenvalue weighted by Crippen LogP contribution is 2.24. The van der Waals surface area contributed by atoms with Gasteiger partial charge in [0.25, 0.3) is 5.91 Å². The molecule has 2 N–H and O–H groups in total. The van der Waals surface area contributed by atoms with Gasteiger partial charge in [-0.05, 0) is 31.5 Å². The molecule has 1 heterocycles. The number of nitrogens with one attached hydrogen (secondary N) is 2. The van der Waals surface area contributed by atoms with Gasteiger partial charge in [0.1, 0.15) is 11.5 Å². The minimum Gasteiger partial charge on any atom is -0.497 e. The molecule has 5 nitrogen and oxygen atoms in total. The highest BCUT2D eigenvalue weighted by atomic mass is 35.5. The molecule has 112 valence electrons. The van der Waals surface area contributed by atoms with Gasteiger partial charge in [-0.25, -0.2) is 0 Å². The summed E-state index contributed by atoms with van der Waals surface area (Å²) in [5.41, 5.74) is 0.536. The van der Waals surface area contributed by atoms with Crippen LogP contribution in [-0.2, 0) is 0 Å². The standard InChI is InChI=1S/C14H20N2O3.ClH/c1-18-11-5-6-12(13(8-11)19-2)14(17)16-10-4-3-7-15-9-10;/h5-6,8,10,15H,3-4,7,9H2,1-2H3,(H,16,17);1H. The van der Waals surface area contributed by atoms with E-state index in [0.29, 0.717) is 17.1 Å². The lowest BCUT2D eigenvalue weighted by Crippen LogP contribution is -2.45. The van der Waals surface area contributed by atoms with Crippen molar-refractivity contribution < 1.29 is 14.3 Å². The van der Waals surface area contributed by atoms with Gasteiger partial charge in [-0.1, -0.05) is 0 Å². The first-order valence-corrected chi connectivity index (χ1v) is 6.48. The topological polar surface area (TPSA) is 59.6 Å². The van der Waals surface area contributed by atoms with E-state index in [-0.39, 0.29) is 24.4 Å². The molecular weight excluding hydrogens is 280 g/mol. The summed E-state index contributed by atoms with van der Waals surface area (Å²) in [5.74, 6) is 1.10. The molecule has 1 aliphatic rings. The number of piperidine rings is 1. The van der Waals surface area contributed by atoms with Crippen LogP contribution in [0.5, 0.6) is 11.5 Å². The number of halogens is 1. The van der Waals surface area contributed by atoms with Crippen molar-refractivity contribution in [3.05, 3.63) is 23.8 Å². The Labute approximate surface area is 125 Å². The highest BCUT2D eigenvalue weighted by Gasteiger charge is 2.19. The number of methoxy groups -OCH3 is 2. The van der Waals surface area contributed by atoms with Crippen LogP contribution in [0.3, 0.4) is 0 Å². The van der Waals surface area contributed by atoms with Crippen molar-refractivity contribution in [1.29, 1.82) is 0 Å². The lowest BCUT2D eigenvalue weighted by atomic mass is 10.1. The number of benzene rings is 1. The Bertz CT molecular complexity index is 448. The van der Waals surface area contributed by atoms with Crippen LogP contribution in [0.15, 0.2) is 18.2 Å². The molecule has 1 atom stereocenters. The first-order chi connectivity index (χ1) is 9.24. The fourth-order valence-electron chi connectivity index (χ4n) is 2.22. The smallest absolute Gasteiger partial charge is 0.255 e. The van der Waals surface area contributed by atoms with Crippen molar-refractivity contribution in [2.24, 2.45) is 0 Å². The molecule has 6 heteroatoms. The maximum Gasteiger partial charge on any atom is 0.255 e. The van der Waals surface area contributed by atoms with Crippen LogP contribution >= 0.6 is 12.4 Å². The number of carbonyl (C=O) groups excluding carboxylic acids is 1. The van der Waals surface area contributed by atoms with E-state index < -0.39 is 0 Å². The van der Waals surface area contributed by atoms with Crippen molar-refractivity contribution in [2.75, 3.05) is 27.3 Å². The summed E-state index contributed by atoms with van der Waals surface area (Å²) in [6.45, 7) is 1.85. The Kier molecular flexibility index (Phi) is 6.61. The molecule has 0 saturated carbocycles. The molecule has 1 aromatic rings. The Balaban J connectivity index is 0.00000200. The van der Waals surface area contributed by atoms with Gasteiger partial charge >= 0.3 is 0 Å². The van der Waals surface area contributed by atoms with Crippen molar-refractivity contribution in [3.63, 3.8) is 0 Å². The van der Waals surface area contributed by atoms with Crippen LogP contribution in [0, 0.1) is 0 Å². The Morgan fingerprint density at radius 1 is 1.35 bits per heavy atom.